The highest BCUT2D eigenvalue weighted by molar-refractivity contribution is 7.11. The molecule has 3 heterocycles. The summed E-state index contributed by atoms with van der Waals surface area (Å²) in [5, 5.41) is 1.96. The maximum Gasteiger partial charge on any atom is 0.282 e. The Kier molecular flexibility index (Phi) is 5.95. The molecule has 1 unspecified atom stereocenters. The molecule has 4 rings (SSSR count). The standard InChI is InChI=1S/C24H29N3O2S/c1-4-25(5-2)18-10-12-19(13-11-18)27-23(28)21(20-9-7-15-30-20)22(24(27)29)26-14-6-8-17(3)16-26/h7,9-13,15,17H,4-6,8,14,16H2,1-3H3. The van der Waals surface area contributed by atoms with E-state index in [4.69, 9.17) is 0 Å². The number of hydrogen-bond acceptors (Lipinski definition) is 5. The lowest BCUT2D eigenvalue weighted by Crippen LogP contribution is -2.39. The van der Waals surface area contributed by atoms with E-state index in [1.54, 1.807) is 0 Å². The maximum atomic E-state index is 13.6. The van der Waals surface area contributed by atoms with Crippen LogP contribution in [0.15, 0.2) is 47.5 Å². The summed E-state index contributed by atoms with van der Waals surface area (Å²) in [5.41, 5.74) is 2.85. The fraction of sp³-hybridized carbons (Fsp3) is 0.417. The minimum Gasteiger partial charge on any atom is -0.372 e. The minimum atomic E-state index is -0.216. The summed E-state index contributed by atoms with van der Waals surface area (Å²) >= 11 is 1.51. The third-order valence-electron chi connectivity index (χ3n) is 6.04. The number of carbonyl (C=O) groups is 2. The van der Waals surface area contributed by atoms with E-state index in [9.17, 15) is 9.59 Å². The van der Waals surface area contributed by atoms with Crippen LogP contribution >= 0.6 is 11.3 Å². The predicted molar refractivity (Wildman–Crippen MR) is 124 cm³/mol. The number of benzene rings is 1. The van der Waals surface area contributed by atoms with E-state index >= 15 is 0 Å². The number of piperidine rings is 1. The molecule has 0 N–H and O–H groups in total. The lowest BCUT2D eigenvalue weighted by atomic mass is 9.99. The molecule has 0 bridgehead atoms. The second kappa shape index (κ2) is 8.64. The first-order chi connectivity index (χ1) is 14.5. The van der Waals surface area contributed by atoms with Crippen molar-refractivity contribution in [3.63, 3.8) is 0 Å². The molecule has 2 aromatic rings. The zero-order chi connectivity index (χ0) is 21.3. The molecule has 0 saturated carbocycles. The van der Waals surface area contributed by atoms with Gasteiger partial charge in [-0.25, -0.2) is 4.90 Å². The van der Waals surface area contributed by atoms with Crippen molar-refractivity contribution < 1.29 is 9.59 Å². The summed E-state index contributed by atoms with van der Waals surface area (Å²) in [6.45, 7) is 9.92. The SMILES string of the molecule is CCN(CC)c1ccc(N2C(=O)C(c3cccs3)=C(N3CCCC(C)C3)C2=O)cc1. The molecule has 2 aliphatic heterocycles. The number of carbonyl (C=O) groups excluding carboxylic acids is 2. The van der Waals surface area contributed by atoms with Crippen molar-refractivity contribution in [3.8, 4) is 0 Å². The minimum absolute atomic E-state index is 0.201. The van der Waals surface area contributed by atoms with Gasteiger partial charge >= 0.3 is 0 Å². The number of amides is 2. The van der Waals surface area contributed by atoms with Crippen LogP contribution in [-0.2, 0) is 9.59 Å². The maximum absolute atomic E-state index is 13.6. The van der Waals surface area contributed by atoms with Gasteiger partial charge in [0.1, 0.15) is 5.70 Å². The van der Waals surface area contributed by atoms with Crippen molar-refractivity contribution in [1.29, 1.82) is 0 Å². The molecular formula is C24H29N3O2S. The van der Waals surface area contributed by atoms with Crippen LogP contribution in [0.5, 0.6) is 0 Å². The van der Waals surface area contributed by atoms with Crippen LogP contribution in [0.2, 0.25) is 0 Å². The van der Waals surface area contributed by atoms with Gasteiger partial charge in [0, 0.05) is 36.7 Å². The van der Waals surface area contributed by atoms with Crippen molar-refractivity contribution in [2.45, 2.75) is 33.6 Å². The fourth-order valence-corrected chi connectivity index (χ4v) is 5.25. The zero-order valence-electron chi connectivity index (χ0n) is 17.9. The Bertz CT molecular complexity index is 945. The quantitative estimate of drug-likeness (QED) is 0.637. The van der Waals surface area contributed by atoms with E-state index in [0.717, 1.165) is 49.6 Å². The van der Waals surface area contributed by atoms with Gasteiger partial charge < -0.3 is 9.80 Å². The first kappa shape index (κ1) is 20.7. The monoisotopic (exact) mass is 423 g/mol. The average Bonchev–Trinajstić information content (AvgIpc) is 3.36. The topological polar surface area (TPSA) is 43.9 Å². The summed E-state index contributed by atoms with van der Waals surface area (Å²) in [4.78, 5) is 33.7. The molecule has 1 saturated heterocycles. The molecule has 158 valence electrons. The van der Waals surface area contributed by atoms with Crippen LogP contribution in [-0.4, -0.2) is 42.9 Å². The molecule has 6 heteroatoms. The molecule has 5 nitrogen and oxygen atoms in total. The number of anilines is 2. The summed E-state index contributed by atoms with van der Waals surface area (Å²) in [5.74, 6) is 0.0977. The molecule has 1 atom stereocenters. The van der Waals surface area contributed by atoms with Crippen molar-refractivity contribution in [2.24, 2.45) is 5.92 Å². The molecule has 2 amide bonds. The Hall–Kier alpha value is -2.60. The third-order valence-corrected chi connectivity index (χ3v) is 6.92. The summed E-state index contributed by atoms with van der Waals surface area (Å²) < 4.78 is 0. The molecule has 0 aliphatic carbocycles. The molecule has 1 aromatic carbocycles. The first-order valence-electron chi connectivity index (χ1n) is 10.8. The number of rotatable bonds is 6. The number of imide groups is 1. The molecule has 1 aromatic heterocycles. The Morgan fingerprint density at radius 2 is 1.80 bits per heavy atom. The van der Waals surface area contributed by atoms with E-state index in [2.05, 4.69) is 30.6 Å². The highest BCUT2D eigenvalue weighted by atomic mass is 32.1. The summed E-state index contributed by atoms with van der Waals surface area (Å²) in [6.07, 6.45) is 2.21. The Morgan fingerprint density at radius 3 is 2.40 bits per heavy atom. The number of likely N-dealkylation sites (tertiary alicyclic amines) is 1. The summed E-state index contributed by atoms with van der Waals surface area (Å²) in [6, 6.07) is 11.6. The van der Waals surface area contributed by atoms with Crippen LogP contribution in [0.4, 0.5) is 11.4 Å². The Labute approximate surface area is 182 Å². The van der Waals surface area contributed by atoms with Gasteiger partial charge in [-0.1, -0.05) is 13.0 Å². The van der Waals surface area contributed by atoms with Crippen LogP contribution in [0.25, 0.3) is 5.57 Å². The fourth-order valence-electron chi connectivity index (χ4n) is 4.48. The molecule has 0 radical (unpaired) electrons. The van der Waals surface area contributed by atoms with Crippen LogP contribution in [0.3, 0.4) is 0 Å². The van der Waals surface area contributed by atoms with Crippen LogP contribution < -0.4 is 9.80 Å². The zero-order valence-corrected chi connectivity index (χ0v) is 18.7. The Balaban J connectivity index is 1.71. The normalized spacial score (nSPS) is 19.8. The number of nitrogens with zero attached hydrogens (tertiary/aromatic N) is 3. The molecule has 0 spiro atoms. The third kappa shape index (κ3) is 3.65. The van der Waals surface area contributed by atoms with Gasteiger partial charge in [-0.05, 0) is 68.3 Å². The lowest BCUT2D eigenvalue weighted by Gasteiger charge is -2.33. The van der Waals surface area contributed by atoms with E-state index in [0.29, 0.717) is 22.9 Å². The largest absolute Gasteiger partial charge is 0.372 e. The molecule has 1 fully saturated rings. The second-order valence-electron chi connectivity index (χ2n) is 8.03. The van der Waals surface area contributed by atoms with Crippen LogP contribution in [0, 0.1) is 5.92 Å². The van der Waals surface area contributed by atoms with Gasteiger partial charge in [0.25, 0.3) is 11.8 Å². The van der Waals surface area contributed by atoms with Crippen molar-refractivity contribution >= 4 is 40.1 Å². The van der Waals surface area contributed by atoms with Gasteiger partial charge in [-0.15, -0.1) is 11.3 Å². The molecule has 2 aliphatic rings. The average molecular weight is 424 g/mol. The van der Waals surface area contributed by atoms with Crippen molar-refractivity contribution in [2.75, 3.05) is 36.0 Å². The van der Waals surface area contributed by atoms with Gasteiger partial charge in [0.15, 0.2) is 0 Å². The van der Waals surface area contributed by atoms with Gasteiger partial charge in [-0.2, -0.15) is 0 Å². The summed E-state index contributed by atoms with van der Waals surface area (Å²) in [7, 11) is 0. The van der Waals surface area contributed by atoms with E-state index < -0.39 is 0 Å². The number of thiophene rings is 1. The number of hydrogen-bond donors (Lipinski definition) is 0. The highest BCUT2D eigenvalue weighted by Crippen LogP contribution is 2.38. The molecular weight excluding hydrogens is 394 g/mol. The van der Waals surface area contributed by atoms with Crippen LogP contribution in [0.1, 0.15) is 38.5 Å². The lowest BCUT2D eigenvalue weighted by molar-refractivity contribution is -0.120. The van der Waals surface area contributed by atoms with Crippen molar-refractivity contribution in [3.05, 3.63) is 52.4 Å². The smallest absolute Gasteiger partial charge is 0.282 e. The van der Waals surface area contributed by atoms with Gasteiger partial charge in [0.2, 0.25) is 0 Å². The van der Waals surface area contributed by atoms with Gasteiger partial charge in [0.05, 0.1) is 11.3 Å². The van der Waals surface area contributed by atoms with Gasteiger partial charge in [-0.3, -0.25) is 9.59 Å². The predicted octanol–water partition coefficient (Wildman–Crippen LogP) is 4.61. The first-order valence-corrected chi connectivity index (χ1v) is 11.7. The van der Waals surface area contributed by atoms with E-state index in [-0.39, 0.29) is 11.8 Å². The molecule has 30 heavy (non-hydrogen) atoms. The highest BCUT2D eigenvalue weighted by Gasteiger charge is 2.43. The Morgan fingerprint density at radius 1 is 1.07 bits per heavy atom. The van der Waals surface area contributed by atoms with E-state index in [1.807, 2.05) is 41.8 Å². The second-order valence-corrected chi connectivity index (χ2v) is 8.98. The van der Waals surface area contributed by atoms with E-state index in [1.165, 1.54) is 16.2 Å². The van der Waals surface area contributed by atoms with Crippen molar-refractivity contribution in [1.82, 2.24) is 4.90 Å².